The molecule has 0 aromatic carbocycles. The molecule has 16 heteroatoms. The Hall–Kier alpha value is -5.48. The van der Waals surface area contributed by atoms with Crippen LogP contribution in [0.2, 0.25) is 0 Å². The summed E-state index contributed by atoms with van der Waals surface area (Å²) in [6, 6.07) is 3.35. The van der Waals surface area contributed by atoms with E-state index in [1.165, 1.54) is 0 Å². The third-order valence-electron chi connectivity index (χ3n) is 9.28. The van der Waals surface area contributed by atoms with Crippen molar-refractivity contribution in [1.82, 2.24) is 43.8 Å². The molecule has 0 saturated heterocycles. The Morgan fingerprint density at radius 2 is 1.35 bits per heavy atom. The standard InChI is InChI=1S/C39H54N10O6/c1-45(16-7-12-40)17-8-13-41-36(54)11-14-43-39(55)32-20-28(25-48(32)4)22-35(53)38-44-29(26-49(38)5)23-30(50)9-6-10-33(51)31-19-27(24-47(31)3)21-34(52)37-42-15-18-46(37)2/h15,18-20,24-26H,6-14,16-17,21-23,40H2,1-5H3,(H,41,54)(H,43,55). The van der Waals surface area contributed by atoms with Gasteiger partial charge in [-0.25, -0.2) is 9.97 Å². The summed E-state index contributed by atoms with van der Waals surface area (Å²) in [5.74, 6) is -0.571. The number of Topliss-reactive ketones (excluding diaryl/α,β-unsaturated/α-hetero) is 4. The lowest BCUT2D eigenvalue weighted by atomic mass is 10.1. The van der Waals surface area contributed by atoms with E-state index in [-0.39, 0.29) is 85.8 Å². The van der Waals surface area contributed by atoms with Crippen LogP contribution in [0.15, 0.2) is 43.1 Å². The number of nitrogens with one attached hydrogen (secondary N) is 2. The predicted molar refractivity (Wildman–Crippen MR) is 206 cm³/mol. The normalized spacial score (nSPS) is 11.3. The number of amides is 2. The molecule has 0 bridgehead atoms. The van der Waals surface area contributed by atoms with Gasteiger partial charge in [-0.15, -0.1) is 0 Å². The average Bonchev–Trinajstić information content (AvgIpc) is 3.91. The van der Waals surface area contributed by atoms with Gasteiger partial charge in [-0.3, -0.25) is 28.8 Å². The number of carbonyl (C=O) groups excluding carboxylic acids is 6. The van der Waals surface area contributed by atoms with Gasteiger partial charge in [0.15, 0.2) is 17.4 Å². The third-order valence-corrected chi connectivity index (χ3v) is 9.28. The Labute approximate surface area is 321 Å². The van der Waals surface area contributed by atoms with Crippen LogP contribution in [-0.2, 0) is 57.0 Å². The van der Waals surface area contributed by atoms with E-state index in [1.54, 1.807) is 89.6 Å². The first-order chi connectivity index (χ1) is 26.2. The average molecular weight is 759 g/mol. The minimum atomic E-state index is -0.350. The fraction of sp³-hybridized carbons (Fsp3) is 0.487. The molecule has 4 aromatic heterocycles. The van der Waals surface area contributed by atoms with E-state index in [1.807, 2.05) is 7.05 Å². The van der Waals surface area contributed by atoms with E-state index < -0.39 is 0 Å². The number of aryl methyl sites for hydroxylation is 4. The molecule has 0 fully saturated rings. The van der Waals surface area contributed by atoms with Gasteiger partial charge < -0.3 is 39.5 Å². The van der Waals surface area contributed by atoms with Crippen LogP contribution in [0.5, 0.6) is 0 Å². The van der Waals surface area contributed by atoms with Gasteiger partial charge in [0.25, 0.3) is 5.91 Å². The largest absolute Gasteiger partial charge is 0.356 e. The van der Waals surface area contributed by atoms with Crippen LogP contribution < -0.4 is 16.4 Å². The van der Waals surface area contributed by atoms with Crippen LogP contribution in [0, 0.1) is 0 Å². The number of nitrogens with two attached hydrogens (primary N) is 1. The second-order valence-corrected chi connectivity index (χ2v) is 14.1. The fourth-order valence-corrected chi connectivity index (χ4v) is 6.38. The molecule has 0 radical (unpaired) electrons. The summed E-state index contributed by atoms with van der Waals surface area (Å²) in [5, 5.41) is 5.64. The van der Waals surface area contributed by atoms with Crippen LogP contribution in [0.25, 0.3) is 0 Å². The molecule has 4 heterocycles. The highest BCUT2D eigenvalue weighted by atomic mass is 16.2. The van der Waals surface area contributed by atoms with Gasteiger partial charge in [0.1, 0.15) is 11.5 Å². The molecule has 0 saturated carbocycles. The number of rotatable bonds is 24. The zero-order valence-corrected chi connectivity index (χ0v) is 32.6. The van der Waals surface area contributed by atoms with Crippen molar-refractivity contribution in [2.24, 2.45) is 33.9 Å². The minimum Gasteiger partial charge on any atom is -0.356 e. The molecule has 0 atom stereocenters. The van der Waals surface area contributed by atoms with Crippen molar-refractivity contribution in [2.75, 3.05) is 39.8 Å². The van der Waals surface area contributed by atoms with E-state index in [9.17, 15) is 28.8 Å². The second-order valence-electron chi connectivity index (χ2n) is 14.1. The van der Waals surface area contributed by atoms with Crippen molar-refractivity contribution in [3.8, 4) is 0 Å². The zero-order valence-electron chi connectivity index (χ0n) is 32.6. The number of nitrogens with zero attached hydrogens (tertiary/aromatic N) is 7. The van der Waals surface area contributed by atoms with E-state index in [0.29, 0.717) is 53.5 Å². The molecule has 16 nitrogen and oxygen atoms in total. The lowest BCUT2D eigenvalue weighted by Gasteiger charge is -2.15. The Morgan fingerprint density at radius 1 is 0.691 bits per heavy atom. The van der Waals surface area contributed by atoms with Crippen LogP contribution in [0.4, 0.5) is 0 Å². The molecule has 0 unspecified atom stereocenters. The van der Waals surface area contributed by atoms with Gasteiger partial charge in [-0.2, -0.15) is 0 Å². The highest BCUT2D eigenvalue weighted by molar-refractivity contribution is 5.98. The molecule has 2 amide bonds. The number of ketones is 4. The molecule has 0 spiro atoms. The summed E-state index contributed by atoms with van der Waals surface area (Å²) >= 11 is 0. The third kappa shape index (κ3) is 12.5. The van der Waals surface area contributed by atoms with Crippen molar-refractivity contribution < 1.29 is 28.8 Å². The molecule has 0 aliphatic heterocycles. The first-order valence-corrected chi connectivity index (χ1v) is 18.6. The molecular formula is C39H54N10O6. The Morgan fingerprint density at radius 3 is 2.02 bits per heavy atom. The molecule has 296 valence electrons. The Kier molecular flexibility index (Phi) is 15.6. The van der Waals surface area contributed by atoms with Gasteiger partial charge in [0.2, 0.25) is 17.5 Å². The second kappa shape index (κ2) is 20.3. The van der Waals surface area contributed by atoms with Gasteiger partial charge in [-0.1, -0.05) is 0 Å². The molecule has 0 aliphatic rings. The monoisotopic (exact) mass is 758 g/mol. The minimum absolute atomic E-state index is 0.00330. The smallest absolute Gasteiger partial charge is 0.267 e. The molecule has 4 rings (SSSR count). The number of imidazole rings is 2. The van der Waals surface area contributed by atoms with Crippen molar-refractivity contribution >= 4 is 34.9 Å². The summed E-state index contributed by atoms with van der Waals surface area (Å²) < 4.78 is 6.57. The number of aromatic nitrogens is 6. The molecule has 4 aromatic rings. The quantitative estimate of drug-likeness (QED) is 0.0699. The SMILES string of the molecule is CN(CCCN)CCCNC(=O)CCNC(=O)c1cc(CC(=O)c2nc(CC(=O)CCCC(=O)c3cc(CC(=O)c4nccn4C)cn3C)cn2C)cn1C. The van der Waals surface area contributed by atoms with Gasteiger partial charge in [-0.05, 0) is 69.2 Å². The Bertz CT molecular complexity index is 1980. The first kappa shape index (κ1) is 42.3. The van der Waals surface area contributed by atoms with E-state index in [2.05, 4.69) is 25.5 Å². The van der Waals surface area contributed by atoms with Crippen molar-refractivity contribution in [2.45, 2.75) is 57.8 Å². The van der Waals surface area contributed by atoms with Crippen LogP contribution in [0.3, 0.4) is 0 Å². The summed E-state index contributed by atoms with van der Waals surface area (Å²) in [5.41, 5.74) is 8.16. The summed E-state index contributed by atoms with van der Waals surface area (Å²) in [6.45, 7) is 3.17. The molecule has 4 N–H and O–H groups in total. The van der Waals surface area contributed by atoms with Crippen molar-refractivity contribution in [3.05, 3.63) is 83.0 Å². The summed E-state index contributed by atoms with van der Waals surface area (Å²) in [4.78, 5) is 87.3. The lowest BCUT2D eigenvalue weighted by Crippen LogP contribution is -2.33. The highest BCUT2D eigenvalue weighted by Crippen LogP contribution is 2.16. The zero-order chi connectivity index (χ0) is 40.1. The van der Waals surface area contributed by atoms with E-state index in [4.69, 9.17) is 5.73 Å². The van der Waals surface area contributed by atoms with Gasteiger partial charge in [0, 0.05) is 104 Å². The van der Waals surface area contributed by atoms with E-state index in [0.717, 1.165) is 25.9 Å². The first-order valence-electron chi connectivity index (χ1n) is 18.6. The highest BCUT2D eigenvalue weighted by Gasteiger charge is 2.20. The lowest BCUT2D eigenvalue weighted by molar-refractivity contribution is -0.121. The fourth-order valence-electron chi connectivity index (χ4n) is 6.38. The number of hydrogen-bond acceptors (Lipinski definition) is 10. The van der Waals surface area contributed by atoms with Crippen LogP contribution in [-0.4, -0.2) is 108 Å². The Balaban J connectivity index is 1.18. The summed E-state index contributed by atoms with van der Waals surface area (Å²) in [7, 11) is 8.92. The maximum atomic E-state index is 13.2. The molecular weight excluding hydrogens is 704 g/mol. The van der Waals surface area contributed by atoms with Crippen LogP contribution in [0.1, 0.15) is 97.6 Å². The number of hydrogen-bond donors (Lipinski definition) is 3. The van der Waals surface area contributed by atoms with E-state index >= 15 is 0 Å². The topological polar surface area (TPSA) is 201 Å². The predicted octanol–water partition coefficient (Wildman–Crippen LogP) is 1.75. The maximum Gasteiger partial charge on any atom is 0.267 e. The van der Waals surface area contributed by atoms with Crippen molar-refractivity contribution in [3.63, 3.8) is 0 Å². The van der Waals surface area contributed by atoms with Crippen molar-refractivity contribution in [1.29, 1.82) is 0 Å². The molecule has 0 aliphatic carbocycles. The summed E-state index contributed by atoms with van der Waals surface area (Å²) in [6.07, 6.45) is 11.1. The number of carbonyl (C=O) groups is 6. The molecule has 55 heavy (non-hydrogen) atoms. The van der Waals surface area contributed by atoms with Gasteiger partial charge >= 0.3 is 0 Å². The van der Waals surface area contributed by atoms with Crippen LogP contribution >= 0.6 is 0 Å². The van der Waals surface area contributed by atoms with Gasteiger partial charge in [0.05, 0.1) is 17.8 Å². The maximum absolute atomic E-state index is 13.2.